The first-order chi connectivity index (χ1) is 9.04. The molecule has 6 heteroatoms. The van der Waals surface area contributed by atoms with Crippen LogP contribution in [0.5, 0.6) is 0 Å². The van der Waals surface area contributed by atoms with Crippen molar-refractivity contribution in [3.63, 3.8) is 0 Å². The molecule has 2 aromatic rings. The number of nitrogens with zero attached hydrogens (tertiary/aromatic N) is 1. The van der Waals surface area contributed by atoms with Gasteiger partial charge in [-0.05, 0) is 24.3 Å². The molecular weight excluding hydrogens is 309 g/mol. The number of carbonyl (C=O) groups is 1. The SMILES string of the molecule is COC(=O)c1ccnc(-c2ccc(Cl)c(Cl)c2Cl)c1. The molecule has 0 radical (unpaired) electrons. The Morgan fingerprint density at radius 3 is 2.58 bits per heavy atom. The van der Waals surface area contributed by atoms with Crippen LogP contribution in [0, 0.1) is 0 Å². The molecule has 1 aromatic heterocycles. The molecule has 0 saturated carbocycles. The van der Waals surface area contributed by atoms with Crippen molar-refractivity contribution in [1.29, 1.82) is 0 Å². The molecule has 1 aromatic carbocycles. The van der Waals surface area contributed by atoms with E-state index in [9.17, 15) is 4.79 Å². The van der Waals surface area contributed by atoms with Crippen molar-refractivity contribution in [3.8, 4) is 11.3 Å². The summed E-state index contributed by atoms with van der Waals surface area (Å²) < 4.78 is 4.65. The zero-order valence-corrected chi connectivity index (χ0v) is 12.1. The third kappa shape index (κ3) is 2.84. The molecule has 0 spiro atoms. The van der Waals surface area contributed by atoms with Crippen LogP contribution in [0.2, 0.25) is 15.1 Å². The summed E-state index contributed by atoms with van der Waals surface area (Å²) in [5.41, 5.74) is 1.50. The fourth-order valence-corrected chi connectivity index (χ4v) is 2.18. The smallest absolute Gasteiger partial charge is 0.337 e. The lowest BCUT2D eigenvalue weighted by Gasteiger charge is -2.07. The van der Waals surface area contributed by atoms with E-state index in [2.05, 4.69) is 9.72 Å². The van der Waals surface area contributed by atoms with Crippen LogP contribution in [0.3, 0.4) is 0 Å². The minimum absolute atomic E-state index is 0.256. The van der Waals surface area contributed by atoms with E-state index in [1.165, 1.54) is 13.3 Å². The quantitative estimate of drug-likeness (QED) is 0.605. The van der Waals surface area contributed by atoms with Gasteiger partial charge in [-0.1, -0.05) is 34.8 Å². The molecule has 0 unspecified atom stereocenters. The lowest BCUT2D eigenvalue weighted by Crippen LogP contribution is -2.01. The average molecular weight is 317 g/mol. The van der Waals surface area contributed by atoms with E-state index in [1.54, 1.807) is 24.3 Å². The summed E-state index contributed by atoms with van der Waals surface area (Å²) in [5.74, 6) is -0.445. The summed E-state index contributed by atoms with van der Waals surface area (Å²) in [5, 5.41) is 0.911. The Labute approximate surface area is 125 Å². The van der Waals surface area contributed by atoms with Gasteiger partial charge in [0.2, 0.25) is 0 Å². The fraction of sp³-hybridized carbons (Fsp3) is 0.0769. The van der Waals surface area contributed by atoms with Gasteiger partial charge in [-0.3, -0.25) is 4.98 Å². The Morgan fingerprint density at radius 1 is 1.16 bits per heavy atom. The maximum Gasteiger partial charge on any atom is 0.337 e. The van der Waals surface area contributed by atoms with E-state index in [0.717, 1.165) is 0 Å². The normalized spacial score (nSPS) is 10.3. The second-order valence-electron chi connectivity index (χ2n) is 3.64. The van der Waals surface area contributed by atoms with E-state index in [0.29, 0.717) is 26.9 Å². The van der Waals surface area contributed by atoms with Crippen LogP contribution in [0.25, 0.3) is 11.3 Å². The van der Waals surface area contributed by atoms with E-state index < -0.39 is 5.97 Å². The van der Waals surface area contributed by atoms with E-state index in [-0.39, 0.29) is 5.02 Å². The van der Waals surface area contributed by atoms with Gasteiger partial charge in [0, 0.05) is 11.8 Å². The number of ether oxygens (including phenoxy) is 1. The van der Waals surface area contributed by atoms with Gasteiger partial charge < -0.3 is 4.74 Å². The largest absolute Gasteiger partial charge is 0.465 e. The van der Waals surface area contributed by atoms with Crippen molar-refractivity contribution in [2.24, 2.45) is 0 Å². The standard InChI is InChI=1S/C13H8Cl3NO2/c1-19-13(18)7-4-5-17-10(6-7)8-2-3-9(14)12(16)11(8)15/h2-6H,1H3. The molecule has 0 aliphatic rings. The van der Waals surface area contributed by atoms with Crippen LogP contribution in [-0.4, -0.2) is 18.1 Å². The maximum absolute atomic E-state index is 11.5. The van der Waals surface area contributed by atoms with E-state index in [4.69, 9.17) is 34.8 Å². The van der Waals surface area contributed by atoms with Crippen molar-refractivity contribution < 1.29 is 9.53 Å². The Balaban J connectivity index is 2.54. The fourth-order valence-electron chi connectivity index (χ4n) is 1.55. The molecule has 0 fully saturated rings. The summed E-state index contributed by atoms with van der Waals surface area (Å²) in [4.78, 5) is 15.6. The number of carbonyl (C=O) groups excluding carboxylic acids is 1. The molecule has 3 nitrogen and oxygen atoms in total. The van der Waals surface area contributed by atoms with Crippen molar-refractivity contribution >= 4 is 40.8 Å². The number of rotatable bonds is 2. The van der Waals surface area contributed by atoms with Crippen molar-refractivity contribution in [3.05, 3.63) is 51.1 Å². The van der Waals surface area contributed by atoms with Crippen LogP contribution < -0.4 is 0 Å². The summed E-state index contributed by atoms with van der Waals surface area (Å²) >= 11 is 18.0. The number of halogens is 3. The molecule has 0 aliphatic carbocycles. The number of methoxy groups -OCH3 is 1. The number of hydrogen-bond acceptors (Lipinski definition) is 3. The highest BCUT2D eigenvalue weighted by molar-refractivity contribution is 6.49. The van der Waals surface area contributed by atoms with Crippen molar-refractivity contribution in [2.45, 2.75) is 0 Å². The lowest BCUT2D eigenvalue weighted by molar-refractivity contribution is 0.0600. The predicted molar refractivity (Wildman–Crippen MR) is 76.0 cm³/mol. The highest BCUT2D eigenvalue weighted by atomic mass is 35.5. The third-order valence-corrected chi connectivity index (χ3v) is 3.79. The maximum atomic E-state index is 11.5. The van der Waals surface area contributed by atoms with Gasteiger partial charge in [-0.2, -0.15) is 0 Å². The molecule has 0 aliphatic heterocycles. The zero-order chi connectivity index (χ0) is 14.0. The number of aromatic nitrogens is 1. The summed E-state index contributed by atoms with van der Waals surface area (Å²) in [6, 6.07) is 6.45. The molecule has 0 bridgehead atoms. The molecule has 1 heterocycles. The summed E-state index contributed by atoms with van der Waals surface area (Å²) in [6.07, 6.45) is 1.50. The summed E-state index contributed by atoms with van der Waals surface area (Å²) in [7, 11) is 1.31. The van der Waals surface area contributed by atoms with Crippen LogP contribution >= 0.6 is 34.8 Å². The van der Waals surface area contributed by atoms with Crippen LogP contribution in [0.15, 0.2) is 30.5 Å². The Morgan fingerprint density at radius 2 is 1.89 bits per heavy atom. The van der Waals surface area contributed by atoms with Crippen LogP contribution in [0.1, 0.15) is 10.4 Å². The summed E-state index contributed by atoms with van der Waals surface area (Å²) in [6.45, 7) is 0. The van der Waals surface area contributed by atoms with E-state index in [1.807, 2.05) is 0 Å². The Bertz CT molecular complexity index is 644. The molecule has 0 amide bonds. The molecule has 2 rings (SSSR count). The first kappa shape index (κ1) is 14.1. The van der Waals surface area contributed by atoms with Gasteiger partial charge >= 0.3 is 5.97 Å². The lowest BCUT2D eigenvalue weighted by atomic mass is 10.1. The van der Waals surface area contributed by atoms with Crippen molar-refractivity contribution in [2.75, 3.05) is 7.11 Å². The molecular formula is C13H8Cl3NO2. The minimum Gasteiger partial charge on any atom is -0.465 e. The van der Waals surface area contributed by atoms with Gasteiger partial charge in [-0.15, -0.1) is 0 Å². The van der Waals surface area contributed by atoms with Gasteiger partial charge in [-0.25, -0.2) is 4.79 Å². The van der Waals surface area contributed by atoms with Gasteiger partial charge in [0.1, 0.15) is 0 Å². The monoisotopic (exact) mass is 315 g/mol. The molecule has 0 saturated heterocycles. The number of hydrogen-bond donors (Lipinski definition) is 0. The first-order valence-corrected chi connectivity index (χ1v) is 6.36. The Hall–Kier alpha value is -1.29. The highest BCUT2D eigenvalue weighted by Gasteiger charge is 2.13. The number of esters is 1. The second-order valence-corrected chi connectivity index (χ2v) is 4.81. The van der Waals surface area contributed by atoms with Crippen molar-refractivity contribution in [1.82, 2.24) is 4.98 Å². The van der Waals surface area contributed by atoms with Crippen LogP contribution in [0.4, 0.5) is 0 Å². The number of benzene rings is 1. The predicted octanol–water partition coefficient (Wildman–Crippen LogP) is 4.50. The third-order valence-electron chi connectivity index (χ3n) is 2.49. The second kappa shape index (κ2) is 5.78. The van der Waals surface area contributed by atoms with E-state index >= 15 is 0 Å². The molecule has 98 valence electrons. The highest BCUT2D eigenvalue weighted by Crippen LogP contribution is 2.37. The zero-order valence-electron chi connectivity index (χ0n) is 9.78. The first-order valence-electron chi connectivity index (χ1n) is 5.23. The molecule has 0 N–H and O–H groups in total. The van der Waals surface area contributed by atoms with Gasteiger partial charge in [0.25, 0.3) is 0 Å². The minimum atomic E-state index is -0.445. The number of pyridine rings is 1. The topological polar surface area (TPSA) is 39.2 Å². The molecule has 0 atom stereocenters. The van der Waals surface area contributed by atoms with Crippen LogP contribution in [-0.2, 0) is 4.74 Å². The average Bonchev–Trinajstić information content (AvgIpc) is 2.44. The van der Waals surface area contributed by atoms with Gasteiger partial charge in [0.05, 0.1) is 33.4 Å². The van der Waals surface area contributed by atoms with Gasteiger partial charge in [0.15, 0.2) is 0 Å². The molecule has 19 heavy (non-hydrogen) atoms. The Kier molecular flexibility index (Phi) is 4.30.